The van der Waals surface area contributed by atoms with Crippen LogP contribution in [0.1, 0.15) is 17.5 Å². The Morgan fingerprint density at radius 3 is 3.06 bits per heavy atom. The average molecular weight is 234 g/mol. The Labute approximate surface area is 104 Å². The molecule has 2 N–H and O–H groups in total. The highest BCUT2D eigenvalue weighted by atomic mass is 16.5. The van der Waals surface area contributed by atoms with Crippen LogP contribution in [0.5, 0.6) is 0 Å². The van der Waals surface area contributed by atoms with E-state index in [0.29, 0.717) is 6.61 Å². The molecule has 0 amide bonds. The summed E-state index contributed by atoms with van der Waals surface area (Å²) in [7, 11) is 1.70. The smallest absolute Gasteiger partial charge is 0.0631 e. The Kier molecular flexibility index (Phi) is 4.02. The Hall–Kier alpha value is -1.06. The maximum absolute atomic E-state index is 6.04. The predicted octanol–water partition coefficient (Wildman–Crippen LogP) is 1.72. The van der Waals surface area contributed by atoms with E-state index < -0.39 is 0 Å². The normalized spacial score (nSPS) is 16.8. The van der Waals surface area contributed by atoms with Crippen LogP contribution in [0.2, 0.25) is 0 Å². The number of hydrogen-bond acceptors (Lipinski definition) is 3. The minimum atomic E-state index is 0.0900. The van der Waals surface area contributed by atoms with Gasteiger partial charge in [0.2, 0.25) is 0 Å². The lowest BCUT2D eigenvalue weighted by Crippen LogP contribution is -2.42. The quantitative estimate of drug-likeness (QED) is 0.862. The molecule has 0 bridgehead atoms. The highest BCUT2D eigenvalue weighted by molar-refractivity contribution is 5.56. The monoisotopic (exact) mass is 234 g/mol. The van der Waals surface area contributed by atoms with E-state index >= 15 is 0 Å². The van der Waals surface area contributed by atoms with Crippen LogP contribution >= 0.6 is 0 Å². The summed E-state index contributed by atoms with van der Waals surface area (Å²) in [6, 6.07) is 6.79. The molecule has 1 atom stereocenters. The molecular formula is C14H22N2O. The van der Waals surface area contributed by atoms with Gasteiger partial charge in [-0.1, -0.05) is 17.7 Å². The summed E-state index contributed by atoms with van der Waals surface area (Å²) in [6.07, 6.45) is 2.41. The molecule has 1 heterocycles. The Bertz CT molecular complexity index is 378. The van der Waals surface area contributed by atoms with Crippen molar-refractivity contribution in [3.05, 3.63) is 29.3 Å². The minimum Gasteiger partial charge on any atom is -0.383 e. The van der Waals surface area contributed by atoms with Crippen molar-refractivity contribution in [2.24, 2.45) is 5.73 Å². The average Bonchev–Trinajstić information content (AvgIpc) is 2.29. The third kappa shape index (κ3) is 2.99. The van der Waals surface area contributed by atoms with E-state index in [-0.39, 0.29) is 6.04 Å². The van der Waals surface area contributed by atoms with Crippen LogP contribution in [-0.4, -0.2) is 32.8 Å². The first-order valence-corrected chi connectivity index (χ1v) is 6.29. The van der Waals surface area contributed by atoms with E-state index in [9.17, 15) is 0 Å². The molecule has 1 unspecified atom stereocenters. The molecule has 0 saturated carbocycles. The zero-order valence-corrected chi connectivity index (χ0v) is 10.8. The van der Waals surface area contributed by atoms with Crippen LogP contribution in [0.15, 0.2) is 18.2 Å². The molecule has 0 radical (unpaired) electrons. The Morgan fingerprint density at radius 1 is 1.47 bits per heavy atom. The van der Waals surface area contributed by atoms with Crippen molar-refractivity contribution >= 4 is 5.69 Å². The summed E-state index contributed by atoms with van der Waals surface area (Å²) in [6.45, 7) is 4.75. The predicted molar refractivity (Wildman–Crippen MR) is 71.6 cm³/mol. The lowest BCUT2D eigenvalue weighted by molar-refractivity contribution is 0.181. The zero-order chi connectivity index (χ0) is 12.3. The van der Waals surface area contributed by atoms with Gasteiger partial charge in [0.05, 0.1) is 6.61 Å². The van der Waals surface area contributed by atoms with Crippen LogP contribution in [-0.2, 0) is 11.2 Å². The number of anilines is 1. The number of nitrogens with zero attached hydrogens (tertiary/aromatic N) is 1. The van der Waals surface area contributed by atoms with Crippen molar-refractivity contribution in [3.8, 4) is 0 Å². The summed E-state index contributed by atoms with van der Waals surface area (Å²) in [5.41, 5.74) is 10.2. The summed E-state index contributed by atoms with van der Waals surface area (Å²) in [4.78, 5) is 2.39. The first kappa shape index (κ1) is 12.4. The molecule has 1 aliphatic heterocycles. The van der Waals surface area contributed by atoms with Crippen molar-refractivity contribution in [2.75, 3.05) is 31.7 Å². The Morgan fingerprint density at radius 2 is 2.29 bits per heavy atom. The third-order valence-electron chi connectivity index (χ3n) is 3.29. The van der Waals surface area contributed by atoms with E-state index in [4.69, 9.17) is 10.5 Å². The SMILES string of the molecule is COCC(N)CN1CCCc2cc(C)ccc21. The van der Waals surface area contributed by atoms with Crippen LogP contribution in [0, 0.1) is 6.92 Å². The number of ether oxygens (including phenoxy) is 1. The molecular weight excluding hydrogens is 212 g/mol. The van der Waals surface area contributed by atoms with E-state index in [1.807, 2.05) is 0 Å². The molecule has 0 aromatic heterocycles. The van der Waals surface area contributed by atoms with Crippen LogP contribution in [0.4, 0.5) is 5.69 Å². The molecule has 0 spiro atoms. The van der Waals surface area contributed by atoms with E-state index in [2.05, 4.69) is 30.0 Å². The fourth-order valence-electron chi connectivity index (χ4n) is 2.54. The second-order valence-electron chi connectivity index (χ2n) is 4.90. The fourth-order valence-corrected chi connectivity index (χ4v) is 2.54. The first-order valence-electron chi connectivity index (χ1n) is 6.29. The van der Waals surface area contributed by atoms with Gasteiger partial charge >= 0.3 is 0 Å². The number of benzene rings is 1. The van der Waals surface area contributed by atoms with Gasteiger partial charge in [0.25, 0.3) is 0 Å². The van der Waals surface area contributed by atoms with Crippen molar-refractivity contribution in [1.82, 2.24) is 0 Å². The summed E-state index contributed by atoms with van der Waals surface area (Å²) < 4.78 is 5.10. The molecule has 17 heavy (non-hydrogen) atoms. The van der Waals surface area contributed by atoms with Gasteiger partial charge in [0, 0.05) is 31.9 Å². The van der Waals surface area contributed by atoms with E-state index in [0.717, 1.165) is 13.1 Å². The highest BCUT2D eigenvalue weighted by Crippen LogP contribution is 2.27. The maximum atomic E-state index is 6.04. The summed E-state index contributed by atoms with van der Waals surface area (Å²) >= 11 is 0. The van der Waals surface area contributed by atoms with Crippen molar-refractivity contribution < 1.29 is 4.74 Å². The summed E-state index contributed by atoms with van der Waals surface area (Å²) in [5, 5.41) is 0. The van der Waals surface area contributed by atoms with E-state index in [1.54, 1.807) is 7.11 Å². The first-order chi connectivity index (χ1) is 8.20. The molecule has 0 aliphatic carbocycles. The van der Waals surface area contributed by atoms with Gasteiger partial charge in [-0.2, -0.15) is 0 Å². The molecule has 94 valence electrons. The van der Waals surface area contributed by atoms with Gasteiger partial charge in [-0.25, -0.2) is 0 Å². The van der Waals surface area contributed by atoms with Gasteiger partial charge in [-0.05, 0) is 31.4 Å². The van der Waals surface area contributed by atoms with E-state index in [1.165, 1.54) is 29.7 Å². The molecule has 3 heteroatoms. The number of hydrogen-bond donors (Lipinski definition) is 1. The highest BCUT2D eigenvalue weighted by Gasteiger charge is 2.18. The van der Waals surface area contributed by atoms with Crippen molar-refractivity contribution in [1.29, 1.82) is 0 Å². The van der Waals surface area contributed by atoms with Gasteiger partial charge in [-0.15, -0.1) is 0 Å². The van der Waals surface area contributed by atoms with Gasteiger partial charge in [0.1, 0.15) is 0 Å². The number of aryl methyl sites for hydroxylation is 2. The maximum Gasteiger partial charge on any atom is 0.0631 e. The molecule has 1 aromatic carbocycles. The Balaban J connectivity index is 2.11. The molecule has 2 rings (SSSR count). The van der Waals surface area contributed by atoms with Gasteiger partial charge in [0.15, 0.2) is 0 Å². The minimum absolute atomic E-state index is 0.0900. The largest absolute Gasteiger partial charge is 0.383 e. The summed E-state index contributed by atoms with van der Waals surface area (Å²) in [5.74, 6) is 0. The number of methoxy groups -OCH3 is 1. The molecule has 1 aliphatic rings. The lowest BCUT2D eigenvalue weighted by Gasteiger charge is -2.33. The van der Waals surface area contributed by atoms with Crippen LogP contribution in [0.25, 0.3) is 0 Å². The van der Waals surface area contributed by atoms with Crippen LogP contribution < -0.4 is 10.6 Å². The second-order valence-corrected chi connectivity index (χ2v) is 4.90. The van der Waals surface area contributed by atoms with Crippen LogP contribution in [0.3, 0.4) is 0 Å². The fraction of sp³-hybridized carbons (Fsp3) is 0.571. The topological polar surface area (TPSA) is 38.5 Å². The standard InChI is InChI=1S/C14H22N2O/c1-11-5-6-14-12(8-11)4-3-7-16(14)9-13(15)10-17-2/h5-6,8,13H,3-4,7,9-10,15H2,1-2H3. The van der Waals surface area contributed by atoms with Crippen molar-refractivity contribution in [3.63, 3.8) is 0 Å². The number of fused-ring (bicyclic) bond motifs is 1. The number of nitrogens with two attached hydrogens (primary N) is 1. The van der Waals surface area contributed by atoms with Gasteiger partial charge < -0.3 is 15.4 Å². The molecule has 3 nitrogen and oxygen atoms in total. The lowest BCUT2D eigenvalue weighted by atomic mass is 9.99. The van der Waals surface area contributed by atoms with Gasteiger partial charge in [-0.3, -0.25) is 0 Å². The molecule has 0 saturated heterocycles. The number of rotatable bonds is 4. The zero-order valence-electron chi connectivity index (χ0n) is 10.8. The second kappa shape index (κ2) is 5.52. The third-order valence-corrected chi connectivity index (χ3v) is 3.29. The van der Waals surface area contributed by atoms with Crippen molar-refractivity contribution in [2.45, 2.75) is 25.8 Å². The molecule has 1 aromatic rings. The molecule has 0 fully saturated rings.